The van der Waals surface area contributed by atoms with E-state index in [0.29, 0.717) is 6.04 Å². The van der Waals surface area contributed by atoms with Crippen LogP contribution in [-0.4, -0.2) is 12.6 Å². The van der Waals surface area contributed by atoms with Crippen LogP contribution in [0.3, 0.4) is 0 Å². The summed E-state index contributed by atoms with van der Waals surface area (Å²) in [5, 5.41) is 3.74. The summed E-state index contributed by atoms with van der Waals surface area (Å²) in [5.41, 5.74) is 3.82. The van der Waals surface area contributed by atoms with Crippen LogP contribution < -0.4 is 10.1 Å². The van der Waals surface area contributed by atoms with E-state index >= 15 is 0 Å². The van der Waals surface area contributed by atoms with Crippen LogP contribution in [0, 0.1) is 13.8 Å². The largest absolute Gasteiger partial charge is 0.457 e. The maximum atomic E-state index is 6.24. The minimum atomic E-state index is 0.712. The Morgan fingerprint density at radius 1 is 0.958 bits per heavy atom. The molecule has 0 radical (unpaired) electrons. The molecule has 0 aromatic heterocycles. The zero-order valence-corrected chi connectivity index (χ0v) is 15.0. The molecule has 0 heterocycles. The number of rotatable bonds is 6. The van der Waals surface area contributed by atoms with Crippen molar-refractivity contribution in [1.29, 1.82) is 0 Å². The molecule has 0 spiro atoms. The van der Waals surface area contributed by atoms with E-state index in [2.05, 4.69) is 31.3 Å². The van der Waals surface area contributed by atoms with Crippen LogP contribution in [0.4, 0.5) is 0 Å². The molecule has 1 saturated carbocycles. The third-order valence-corrected chi connectivity index (χ3v) is 5.15. The van der Waals surface area contributed by atoms with Crippen molar-refractivity contribution in [2.24, 2.45) is 0 Å². The van der Waals surface area contributed by atoms with E-state index in [1.807, 2.05) is 30.3 Å². The van der Waals surface area contributed by atoms with Crippen LogP contribution in [0.15, 0.2) is 42.5 Å². The lowest BCUT2D eigenvalue weighted by Gasteiger charge is -2.23. The maximum Gasteiger partial charge on any atom is 0.133 e. The Labute approximate surface area is 146 Å². The molecule has 1 fully saturated rings. The van der Waals surface area contributed by atoms with Gasteiger partial charge in [0, 0.05) is 6.04 Å². The second kappa shape index (κ2) is 8.34. The fourth-order valence-electron chi connectivity index (χ4n) is 3.51. The van der Waals surface area contributed by atoms with Crippen LogP contribution in [0.5, 0.6) is 11.5 Å². The zero-order chi connectivity index (χ0) is 16.8. The first-order valence-corrected chi connectivity index (χ1v) is 9.29. The summed E-state index contributed by atoms with van der Waals surface area (Å²) >= 11 is 0. The fraction of sp³-hybridized carbons (Fsp3) is 0.455. The van der Waals surface area contributed by atoms with Crippen molar-refractivity contribution in [3.63, 3.8) is 0 Å². The second-order valence-corrected chi connectivity index (χ2v) is 6.95. The Morgan fingerprint density at radius 3 is 2.46 bits per heavy atom. The summed E-state index contributed by atoms with van der Waals surface area (Å²) < 4.78 is 6.24. The first-order valence-electron chi connectivity index (χ1n) is 9.29. The summed E-state index contributed by atoms with van der Waals surface area (Å²) in [5.74, 6) is 1.94. The molecule has 1 aliphatic carbocycles. The lowest BCUT2D eigenvalue weighted by Crippen LogP contribution is -2.32. The Balaban J connectivity index is 1.68. The van der Waals surface area contributed by atoms with Gasteiger partial charge in [0.05, 0.1) is 0 Å². The lowest BCUT2D eigenvalue weighted by molar-refractivity contribution is 0.374. The Hall–Kier alpha value is -1.80. The van der Waals surface area contributed by atoms with E-state index in [-0.39, 0.29) is 0 Å². The highest BCUT2D eigenvalue weighted by atomic mass is 16.5. The number of aryl methyl sites for hydroxylation is 1. The zero-order valence-electron chi connectivity index (χ0n) is 15.0. The molecule has 2 nitrogen and oxygen atoms in total. The van der Waals surface area contributed by atoms with Gasteiger partial charge in [0.15, 0.2) is 0 Å². The first kappa shape index (κ1) is 17.0. The van der Waals surface area contributed by atoms with Crippen molar-refractivity contribution >= 4 is 0 Å². The number of benzene rings is 2. The highest BCUT2D eigenvalue weighted by molar-refractivity contribution is 5.47. The molecule has 0 saturated heterocycles. The number of nitrogens with one attached hydrogen (secondary N) is 1. The van der Waals surface area contributed by atoms with Gasteiger partial charge in [-0.25, -0.2) is 0 Å². The number of hydrogen-bond acceptors (Lipinski definition) is 2. The van der Waals surface area contributed by atoms with Crippen molar-refractivity contribution in [2.45, 2.75) is 58.4 Å². The Morgan fingerprint density at radius 2 is 1.71 bits per heavy atom. The normalized spacial score (nSPS) is 15.4. The van der Waals surface area contributed by atoms with Gasteiger partial charge in [0.25, 0.3) is 0 Å². The van der Waals surface area contributed by atoms with Gasteiger partial charge < -0.3 is 10.1 Å². The van der Waals surface area contributed by atoms with Crippen LogP contribution in [-0.2, 0) is 6.42 Å². The smallest absolute Gasteiger partial charge is 0.133 e. The van der Waals surface area contributed by atoms with Crippen molar-refractivity contribution in [3.8, 4) is 11.5 Å². The molecule has 0 unspecified atom stereocenters. The molecule has 0 atom stereocenters. The van der Waals surface area contributed by atoms with Crippen LogP contribution in [0.1, 0.15) is 48.8 Å². The second-order valence-electron chi connectivity index (χ2n) is 6.95. The summed E-state index contributed by atoms with van der Waals surface area (Å²) in [6, 6.07) is 15.2. The monoisotopic (exact) mass is 323 g/mol. The third-order valence-electron chi connectivity index (χ3n) is 5.15. The molecule has 2 heteroatoms. The lowest BCUT2D eigenvalue weighted by atomic mass is 9.95. The summed E-state index contributed by atoms with van der Waals surface area (Å²) in [6.45, 7) is 5.33. The van der Waals surface area contributed by atoms with Crippen molar-refractivity contribution in [3.05, 3.63) is 59.2 Å². The van der Waals surface area contributed by atoms with E-state index in [1.54, 1.807) is 0 Å². The van der Waals surface area contributed by atoms with E-state index in [4.69, 9.17) is 4.74 Å². The predicted molar refractivity (Wildman–Crippen MR) is 101 cm³/mol. The predicted octanol–water partition coefficient (Wildman–Crippen LogP) is 5.56. The van der Waals surface area contributed by atoms with E-state index in [0.717, 1.165) is 24.5 Å². The molecule has 24 heavy (non-hydrogen) atoms. The molecular weight excluding hydrogens is 294 g/mol. The number of hydrogen-bond donors (Lipinski definition) is 1. The highest BCUT2D eigenvalue weighted by Crippen LogP contribution is 2.31. The summed E-state index contributed by atoms with van der Waals surface area (Å²) in [7, 11) is 0. The summed E-state index contributed by atoms with van der Waals surface area (Å²) in [4.78, 5) is 0. The Bertz CT molecular complexity index is 645. The minimum Gasteiger partial charge on any atom is -0.457 e. The van der Waals surface area contributed by atoms with Crippen LogP contribution in [0.2, 0.25) is 0 Å². The molecular formula is C22H29NO. The van der Waals surface area contributed by atoms with Gasteiger partial charge in [-0.05, 0) is 68.5 Å². The molecule has 0 amide bonds. The Kier molecular flexibility index (Phi) is 5.92. The van der Waals surface area contributed by atoms with Crippen molar-refractivity contribution in [1.82, 2.24) is 5.32 Å². The van der Waals surface area contributed by atoms with Gasteiger partial charge in [-0.3, -0.25) is 0 Å². The first-order chi connectivity index (χ1) is 11.7. The van der Waals surface area contributed by atoms with Gasteiger partial charge in [-0.1, -0.05) is 49.6 Å². The topological polar surface area (TPSA) is 21.3 Å². The fourth-order valence-corrected chi connectivity index (χ4v) is 3.51. The quantitative estimate of drug-likeness (QED) is 0.751. The van der Waals surface area contributed by atoms with Gasteiger partial charge in [0.2, 0.25) is 0 Å². The average molecular weight is 323 g/mol. The van der Waals surface area contributed by atoms with Gasteiger partial charge in [0.1, 0.15) is 11.5 Å². The molecule has 2 aromatic carbocycles. The molecule has 1 N–H and O–H groups in total. The van der Waals surface area contributed by atoms with Crippen molar-refractivity contribution < 1.29 is 4.74 Å². The van der Waals surface area contributed by atoms with Crippen LogP contribution in [0.25, 0.3) is 0 Å². The standard InChI is InChI=1S/C22H29NO/c1-17-13-14-19(15-16-23-20-9-5-3-6-10-20)22(18(17)2)24-21-11-7-4-8-12-21/h4,7-8,11-14,20,23H,3,5-6,9-10,15-16H2,1-2H3. The molecule has 3 rings (SSSR count). The SMILES string of the molecule is Cc1ccc(CCNC2CCCCC2)c(Oc2ccccc2)c1C. The van der Waals surface area contributed by atoms with E-state index in [9.17, 15) is 0 Å². The third kappa shape index (κ3) is 4.39. The van der Waals surface area contributed by atoms with Gasteiger partial charge >= 0.3 is 0 Å². The van der Waals surface area contributed by atoms with Gasteiger partial charge in [-0.15, -0.1) is 0 Å². The van der Waals surface area contributed by atoms with E-state index < -0.39 is 0 Å². The average Bonchev–Trinajstić information content (AvgIpc) is 2.63. The molecule has 0 bridgehead atoms. The number of para-hydroxylation sites is 1. The van der Waals surface area contributed by atoms with Crippen LogP contribution >= 0.6 is 0 Å². The number of ether oxygens (including phenoxy) is 1. The van der Waals surface area contributed by atoms with Crippen molar-refractivity contribution in [2.75, 3.05) is 6.54 Å². The molecule has 1 aliphatic rings. The molecule has 128 valence electrons. The minimum absolute atomic E-state index is 0.712. The molecule has 0 aliphatic heterocycles. The molecule has 2 aromatic rings. The summed E-state index contributed by atoms with van der Waals surface area (Å²) in [6.07, 6.45) is 7.85. The maximum absolute atomic E-state index is 6.24. The highest BCUT2D eigenvalue weighted by Gasteiger charge is 2.14. The van der Waals surface area contributed by atoms with E-state index in [1.165, 1.54) is 48.8 Å². The van der Waals surface area contributed by atoms with Gasteiger partial charge in [-0.2, -0.15) is 0 Å².